The van der Waals surface area contributed by atoms with Gasteiger partial charge in [0.15, 0.2) is 0 Å². The summed E-state index contributed by atoms with van der Waals surface area (Å²) in [6.07, 6.45) is 0. The molecule has 1 aromatic carbocycles. The molecular weight excluding hydrogens is 226 g/mol. The number of carbonyl (C=O) groups excluding carboxylic acids is 1. The van der Waals surface area contributed by atoms with Gasteiger partial charge >= 0.3 is 0 Å². The third kappa shape index (κ3) is 2.91. The lowest BCUT2D eigenvalue weighted by molar-refractivity contribution is -0.130. The van der Waals surface area contributed by atoms with E-state index in [1.807, 2.05) is 26.0 Å². The molecule has 0 N–H and O–H groups in total. The van der Waals surface area contributed by atoms with Crippen LogP contribution in [0.3, 0.4) is 0 Å². The fourth-order valence-corrected chi connectivity index (χ4v) is 2.63. The van der Waals surface area contributed by atoms with Crippen LogP contribution in [0.5, 0.6) is 5.75 Å². The fourth-order valence-electron chi connectivity index (χ4n) is 2.63. The summed E-state index contributed by atoms with van der Waals surface area (Å²) in [6.45, 7) is 6.70. The van der Waals surface area contributed by atoms with Crippen LogP contribution in [0.15, 0.2) is 24.3 Å². The Morgan fingerprint density at radius 2 is 1.72 bits per heavy atom. The van der Waals surface area contributed by atoms with Crippen LogP contribution < -0.4 is 4.74 Å². The van der Waals surface area contributed by atoms with Crippen molar-refractivity contribution in [2.75, 3.05) is 20.2 Å². The van der Waals surface area contributed by atoms with Crippen molar-refractivity contribution in [1.29, 1.82) is 0 Å². The van der Waals surface area contributed by atoms with Crippen molar-refractivity contribution in [1.82, 2.24) is 4.90 Å². The molecule has 1 aliphatic rings. The minimum Gasteiger partial charge on any atom is -0.497 e. The molecule has 3 nitrogen and oxygen atoms in total. The zero-order chi connectivity index (χ0) is 13.1. The van der Waals surface area contributed by atoms with Crippen LogP contribution in [0.4, 0.5) is 0 Å². The average molecular weight is 247 g/mol. The van der Waals surface area contributed by atoms with Gasteiger partial charge < -0.3 is 4.74 Å². The third-order valence-electron chi connectivity index (χ3n) is 3.60. The van der Waals surface area contributed by atoms with E-state index in [-0.39, 0.29) is 11.8 Å². The number of rotatable bonds is 3. The Balaban J connectivity index is 1.98. The minimum absolute atomic E-state index is 0.159. The normalized spacial score (nSPS) is 25.2. The lowest BCUT2D eigenvalue weighted by Gasteiger charge is -2.33. The van der Waals surface area contributed by atoms with Gasteiger partial charge in [0, 0.05) is 31.5 Å². The van der Waals surface area contributed by atoms with E-state index < -0.39 is 0 Å². The average Bonchev–Trinajstić information content (AvgIpc) is 2.37. The van der Waals surface area contributed by atoms with Gasteiger partial charge in [-0.2, -0.15) is 0 Å². The zero-order valence-corrected chi connectivity index (χ0v) is 11.3. The summed E-state index contributed by atoms with van der Waals surface area (Å²) in [7, 11) is 1.68. The number of ether oxygens (including phenoxy) is 1. The van der Waals surface area contributed by atoms with Gasteiger partial charge in [0.1, 0.15) is 11.5 Å². The molecule has 1 heterocycles. The van der Waals surface area contributed by atoms with E-state index in [0.29, 0.717) is 5.78 Å². The number of ketones is 1. The number of methoxy groups -OCH3 is 1. The summed E-state index contributed by atoms with van der Waals surface area (Å²) >= 11 is 0. The number of nitrogens with zero attached hydrogens (tertiary/aromatic N) is 1. The Bertz CT molecular complexity index is 399. The molecule has 1 saturated heterocycles. The SMILES string of the molecule is COc1ccc(CN2CC(C)C(=O)C(C)C2)cc1. The molecular formula is C15H21NO2. The van der Waals surface area contributed by atoms with E-state index in [1.54, 1.807) is 7.11 Å². The van der Waals surface area contributed by atoms with Gasteiger partial charge in [0.05, 0.1) is 7.11 Å². The first-order chi connectivity index (χ1) is 8.60. The van der Waals surface area contributed by atoms with Crippen molar-refractivity contribution < 1.29 is 9.53 Å². The first-order valence-corrected chi connectivity index (χ1v) is 6.49. The van der Waals surface area contributed by atoms with Gasteiger partial charge in [-0.05, 0) is 17.7 Å². The molecule has 18 heavy (non-hydrogen) atoms. The number of Topliss-reactive ketones (excluding diaryl/α,β-unsaturated/α-hetero) is 1. The van der Waals surface area contributed by atoms with Crippen LogP contribution in [0.2, 0.25) is 0 Å². The number of hydrogen-bond acceptors (Lipinski definition) is 3. The van der Waals surface area contributed by atoms with E-state index in [0.717, 1.165) is 25.4 Å². The van der Waals surface area contributed by atoms with Crippen LogP contribution in [0.25, 0.3) is 0 Å². The molecule has 2 atom stereocenters. The van der Waals surface area contributed by atoms with E-state index in [1.165, 1.54) is 5.56 Å². The Hall–Kier alpha value is -1.35. The molecule has 1 aliphatic heterocycles. The lowest BCUT2D eigenvalue weighted by Crippen LogP contribution is -2.44. The fraction of sp³-hybridized carbons (Fsp3) is 0.533. The van der Waals surface area contributed by atoms with Crippen molar-refractivity contribution in [3.8, 4) is 5.75 Å². The maximum absolute atomic E-state index is 11.8. The topological polar surface area (TPSA) is 29.5 Å². The van der Waals surface area contributed by atoms with Crippen LogP contribution in [-0.4, -0.2) is 30.9 Å². The Labute approximate surface area is 109 Å². The summed E-state index contributed by atoms with van der Waals surface area (Å²) in [4.78, 5) is 14.1. The Morgan fingerprint density at radius 3 is 2.22 bits per heavy atom. The van der Waals surface area contributed by atoms with Crippen molar-refractivity contribution in [2.24, 2.45) is 11.8 Å². The number of piperidine rings is 1. The number of likely N-dealkylation sites (tertiary alicyclic amines) is 1. The van der Waals surface area contributed by atoms with Gasteiger partial charge in [-0.3, -0.25) is 9.69 Å². The van der Waals surface area contributed by atoms with E-state index >= 15 is 0 Å². The molecule has 98 valence electrons. The predicted octanol–water partition coefficient (Wildman–Crippen LogP) is 2.35. The van der Waals surface area contributed by atoms with Crippen LogP contribution in [0, 0.1) is 11.8 Å². The standard InChI is InChI=1S/C15H21NO2/c1-11-8-16(9-12(2)15(11)17)10-13-4-6-14(18-3)7-5-13/h4-7,11-12H,8-10H2,1-3H3. The molecule has 2 unspecified atom stereocenters. The van der Waals surface area contributed by atoms with Gasteiger partial charge in [-0.15, -0.1) is 0 Å². The molecule has 1 aromatic rings. The maximum atomic E-state index is 11.8. The van der Waals surface area contributed by atoms with Gasteiger partial charge in [0.25, 0.3) is 0 Å². The minimum atomic E-state index is 0.159. The lowest BCUT2D eigenvalue weighted by atomic mass is 9.90. The molecule has 0 amide bonds. The smallest absolute Gasteiger partial charge is 0.141 e. The first kappa shape index (κ1) is 13.1. The molecule has 0 bridgehead atoms. The molecule has 3 heteroatoms. The Morgan fingerprint density at radius 1 is 1.17 bits per heavy atom. The van der Waals surface area contributed by atoms with Crippen molar-refractivity contribution in [2.45, 2.75) is 20.4 Å². The highest BCUT2D eigenvalue weighted by Crippen LogP contribution is 2.20. The maximum Gasteiger partial charge on any atom is 0.141 e. The summed E-state index contributed by atoms with van der Waals surface area (Å²) in [5.74, 6) is 1.61. The van der Waals surface area contributed by atoms with Crippen LogP contribution in [-0.2, 0) is 11.3 Å². The van der Waals surface area contributed by atoms with E-state index in [2.05, 4.69) is 17.0 Å². The van der Waals surface area contributed by atoms with Gasteiger partial charge in [-0.1, -0.05) is 26.0 Å². The second kappa shape index (κ2) is 5.53. The highest BCUT2D eigenvalue weighted by atomic mass is 16.5. The molecule has 0 aliphatic carbocycles. The summed E-state index contributed by atoms with van der Waals surface area (Å²) in [6, 6.07) is 8.14. The molecule has 2 rings (SSSR count). The van der Waals surface area contributed by atoms with Crippen molar-refractivity contribution in [3.63, 3.8) is 0 Å². The van der Waals surface area contributed by atoms with E-state index in [4.69, 9.17) is 4.74 Å². The monoisotopic (exact) mass is 247 g/mol. The predicted molar refractivity (Wildman–Crippen MR) is 71.6 cm³/mol. The molecule has 1 fully saturated rings. The third-order valence-corrected chi connectivity index (χ3v) is 3.60. The molecule has 0 radical (unpaired) electrons. The van der Waals surface area contributed by atoms with Crippen LogP contribution >= 0.6 is 0 Å². The highest BCUT2D eigenvalue weighted by molar-refractivity contribution is 5.83. The van der Waals surface area contributed by atoms with Gasteiger partial charge in [0.2, 0.25) is 0 Å². The number of benzene rings is 1. The highest BCUT2D eigenvalue weighted by Gasteiger charge is 2.29. The summed E-state index contributed by atoms with van der Waals surface area (Å²) < 4.78 is 5.15. The van der Waals surface area contributed by atoms with Crippen molar-refractivity contribution in [3.05, 3.63) is 29.8 Å². The Kier molecular flexibility index (Phi) is 4.02. The molecule has 0 saturated carbocycles. The van der Waals surface area contributed by atoms with Crippen molar-refractivity contribution >= 4 is 5.78 Å². The number of hydrogen-bond donors (Lipinski definition) is 0. The first-order valence-electron chi connectivity index (χ1n) is 6.49. The van der Waals surface area contributed by atoms with E-state index in [9.17, 15) is 4.79 Å². The van der Waals surface area contributed by atoms with Crippen LogP contribution in [0.1, 0.15) is 19.4 Å². The zero-order valence-electron chi connectivity index (χ0n) is 11.3. The molecule has 0 spiro atoms. The van der Waals surface area contributed by atoms with Gasteiger partial charge in [-0.25, -0.2) is 0 Å². The second-order valence-electron chi connectivity index (χ2n) is 5.25. The summed E-state index contributed by atoms with van der Waals surface area (Å²) in [5, 5.41) is 0. The largest absolute Gasteiger partial charge is 0.497 e. The second-order valence-corrected chi connectivity index (χ2v) is 5.25. The summed E-state index contributed by atoms with van der Waals surface area (Å²) in [5.41, 5.74) is 1.27. The molecule has 0 aromatic heterocycles. The number of carbonyl (C=O) groups is 1. The quantitative estimate of drug-likeness (QED) is 0.821.